The van der Waals surface area contributed by atoms with Crippen molar-refractivity contribution in [2.75, 3.05) is 13.1 Å². The lowest BCUT2D eigenvalue weighted by atomic mass is 10.1. The normalized spacial score (nSPS) is 19.4. The summed E-state index contributed by atoms with van der Waals surface area (Å²) in [5.41, 5.74) is 2.68. The average molecular weight is 230 g/mol. The number of carbonyl (C=O) groups excluding carboxylic acids is 1. The van der Waals surface area contributed by atoms with Crippen molar-refractivity contribution in [3.05, 3.63) is 0 Å². The molecular weight excluding hydrogens is 208 g/mol. The Labute approximate surface area is 96.4 Å². The maximum Gasteiger partial charge on any atom is 0.298 e. The van der Waals surface area contributed by atoms with Gasteiger partial charge in [-0.3, -0.25) is 9.80 Å². The smallest absolute Gasteiger partial charge is 0.298 e. The first-order valence-electron chi connectivity index (χ1n) is 6.08. The zero-order valence-electron chi connectivity index (χ0n) is 9.91. The molecule has 1 amide bonds. The fourth-order valence-corrected chi connectivity index (χ4v) is 1.80. The summed E-state index contributed by atoms with van der Waals surface area (Å²) in [5, 5.41) is 19.7. The molecule has 1 fully saturated rings. The number of hydrazine groups is 1. The maximum atomic E-state index is 11.4. The van der Waals surface area contributed by atoms with Crippen molar-refractivity contribution in [3.8, 4) is 0 Å². The summed E-state index contributed by atoms with van der Waals surface area (Å²) < 4.78 is 0. The van der Waals surface area contributed by atoms with Crippen LogP contribution in [0.4, 0.5) is 0 Å². The number of unbranched alkanes of at least 4 members (excludes halogenated alkanes) is 5. The molecule has 0 aromatic heterocycles. The molecule has 0 spiro atoms. The quantitative estimate of drug-likeness (QED) is 0.436. The van der Waals surface area contributed by atoms with Crippen molar-refractivity contribution >= 4 is 5.91 Å². The van der Waals surface area contributed by atoms with E-state index in [-0.39, 0.29) is 6.54 Å². The molecule has 0 unspecified atom stereocenters. The molecule has 0 bridgehead atoms. The van der Waals surface area contributed by atoms with Crippen LogP contribution in [0.25, 0.3) is 0 Å². The first kappa shape index (κ1) is 13.4. The van der Waals surface area contributed by atoms with E-state index in [1.807, 2.05) is 0 Å². The van der Waals surface area contributed by atoms with E-state index < -0.39 is 11.7 Å². The maximum absolute atomic E-state index is 11.4. The first-order valence-corrected chi connectivity index (χ1v) is 6.08. The monoisotopic (exact) mass is 230 g/mol. The van der Waals surface area contributed by atoms with Gasteiger partial charge >= 0.3 is 0 Å². The molecule has 5 heteroatoms. The Balaban J connectivity index is 2.08. The second kappa shape index (κ2) is 6.18. The standard InChI is InChI=1S/C11H22N2O3/c1-2-3-4-5-6-7-8-13-10(14)11(15,16)9-12-13/h12,15-16H,2-9H2,1H3. The number of rotatable bonds is 7. The average Bonchev–Trinajstić information content (AvgIpc) is 2.50. The van der Waals surface area contributed by atoms with E-state index in [1.165, 1.54) is 30.7 Å². The Hall–Kier alpha value is -0.650. The fraction of sp³-hybridized carbons (Fsp3) is 0.909. The summed E-state index contributed by atoms with van der Waals surface area (Å²) in [6.07, 6.45) is 6.88. The summed E-state index contributed by atoms with van der Waals surface area (Å²) in [5.74, 6) is -2.84. The molecule has 0 aromatic rings. The number of β-amino-alcohol motifs (C(OH)–C–C–N with tert-alkyl or cyclic N) is 2. The van der Waals surface area contributed by atoms with Gasteiger partial charge in [-0.25, -0.2) is 5.43 Å². The lowest BCUT2D eigenvalue weighted by Crippen LogP contribution is -2.41. The van der Waals surface area contributed by atoms with Gasteiger partial charge in [-0.05, 0) is 6.42 Å². The number of hydrogen-bond donors (Lipinski definition) is 3. The molecule has 0 atom stereocenters. The Bertz CT molecular complexity index is 231. The van der Waals surface area contributed by atoms with Gasteiger partial charge in [0.2, 0.25) is 0 Å². The van der Waals surface area contributed by atoms with Crippen LogP contribution in [-0.2, 0) is 4.79 Å². The van der Waals surface area contributed by atoms with Crippen LogP contribution in [0.3, 0.4) is 0 Å². The summed E-state index contributed by atoms with van der Waals surface area (Å²) >= 11 is 0. The van der Waals surface area contributed by atoms with Crippen molar-refractivity contribution in [3.63, 3.8) is 0 Å². The molecule has 94 valence electrons. The van der Waals surface area contributed by atoms with Crippen LogP contribution in [-0.4, -0.2) is 40.0 Å². The van der Waals surface area contributed by atoms with Crippen molar-refractivity contribution in [2.45, 2.75) is 51.2 Å². The van der Waals surface area contributed by atoms with E-state index >= 15 is 0 Å². The van der Waals surface area contributed by atoms with Crippen LogP contribution in [0.2, 0.25) is 0 Å². The largest absolute Gasteiger partial charge is 0.357 e. The van der Waals surface area contributed by atoms with E-state index in [9.17, 15) is 15.0 Å². The van der Waals surface area contributed by atoms with Crippen molar-refractivity contribution in [2.24, 2.45) is 0 Å². The zero-order chi connectivity index (χ0) is 12.0. The molecule has 3 N–H and O–H groups in total. The molecule has 16 heavy (non-hydrogen) atoms. The van der Waals surface area contributed by atoms with E-state index in [0.29, 0.717) is 6.54 Å². The zero-order valence-corrected chi connectivity index (χ0v) is 9.91. The van der Waals surface area contributed by atoms with Crippen molar-refractivity contribution in [1.82, 2.24) is 10.4 Å². The molecule has 0 aromatic carbocycles. The minimum absolute atomic E-state index is 0.109. The van der Waals surface area contributed by atoms with E-state index in [2.05, 4.69) is 12.3 Å². The van der Waals surface area contributed by atoms with Crippen LogP contribution < -0.4 is 5.43 Å². The topological polar surface area (TPSA) is 72.8 Å². The Morgan fingerprint density at radius 1 is 1.25 bits per heavy atom. The van der Waals surface area contributed by atoms with Crippen LogP contribution in [0.5, 0.6) is 0 Å². The lowest BCUT2D eigenvalue weighted by molar-refractivity contribution is -0.178. The van der Waals surface area contributed by atoms with Crippen LogP contribution in [0.15, 0.2) is 0 Å². The van der Waals surface area contributed by atoms with Gasteiger partial charge in [0.15, 0.2) is 0 Å². The van der Waals surface area contributed by atoms with E-state index in [0.717, 1.165) is 12.8 Å². The first-order chi connectivity index (χ1) is 7.58. The third-order valence-corrected chi connectivity index (χ3v) is 2.84. The molecule has 1 rings (SSSR count). The number of nitrogens with one attached hydrogen (secondary N) is 1. The highest BCUT2D eigenvalue weighted by molar-refractivity contribution is 5.84. The van der Waals surface area contributed by atoms with E-state index in [1.54, 1.807) is 0 Å². The van der Waals surface area contributed by atoms with Gasteiger partial charge in [0.25, 0.3) is 11.7 Å². The third kappa shape index (κ3) is 3.73. The number of nitrogens with zero attached hydrogens (tertiary/aromatic N) is 1. The van der Waals surface area contributed by atoms with Gasteiger partial charge < -0.3 is 10.2 Å². The Morgan fingerprint density at radius 3 is 2.44 bits per heavy atom. The minimum atomic E-state index is -2.21. The molecule has 1 aliphatic rings. The van der Waals surface area contributed by atoms with E-state index in [4.69, 9.17) is 0 Å². The van der Waals surface area contributed by atoms with Gasteiger partial charge in [0.05, 0.1) is 6.54 Å². The van der Waals surface area contributed by atoms with Crippen LogP contribution >= 0.6 is 0 Å². The van der Waals surface area contributed by atoms with Crippen molar-refractivity contribution in [1.29, 1.82) is 0 Å². The second-order valence-corrected chi connectivity index (χ2v) is 4.38. The van der Waals surface area contributed by atoms with Crippen LogP contribution in [0.1, 0.15) is 45.4 Å². The highest BCUT2D eigenvalue weighted by atomic mass is 16.5. The second-order valence-electron chi connectivity index (χ2n) is 4.38. The predicted octanol–water partition coefficient (Wildman–Crippen LogP) is 0.375. The number of hydrogen-bond acceptors (Lipinski definition) is 4. The molecule has 1 heterocycles. The van der Waals surface area contributed by atoms with Gasteiger partial charge in [0.1, 0.15) is 0 Å². The van der Waals surface area contributed by atoms with Gasteiger partial charge in [-0.2, -0.15) is 0 Å². The molecule has 1 saturated heterocycles. The summed E-state index contributed by atoms with van der Waals surface area (Å²) in [6, 6.07) is 0. The van der Waals surface area contributed by atoms with Crippen molar-refractivity contribution < 1.29 is 15.0 Å². The third-order valence-electron chi connectivity index (χ3n) is 2.84. The number of aliphatic hydroxyl groups is 2. The molecule has 1 aliphatic heterocycles. The number of amides is 1. The van der Waals surface area contributed by atoms with Gasteiger partial charge in [0, 0.05) is 6.54 Å². The molecular formula is C11H22N2O3. The lowest BCUT2D eigenvalue weighted by Gasteiger charge is -2.16. The predicted molar refractivity (Wildman–Crippen MR) is 60.3 cm³/mol. The SMILES string of the molecule is CCCCCCCCN1NCC(O)(O)C1=O. The highest BCUT2D eigenvalue weighted by Gasteiger charge is 2.43. The van der Waals surface area contributed by atoms with Gasteiger partial charge in [-0.1, -0.05) is 39.0 Å². The number of carbonyl (C=O) groups is 1. The van der Waals surface area contributed by atoms with Crippen LogP contribution in [0, 0.1) is 0 Å². The summed E-state index contributed by atoms with van der Waals surface area (Å²) in [4.78, 5) is 11.4. The summed E-state index contributed by atoms with van der Waals surface area (Å²) in [6.45, 7) is 2.62. The van der Waals surface area contributed by atoms with Gasteiger partial charge in [-0.15, -0.1) is 0 Å². The molecule has 5 nitrogen and oxygen atoms in total. The molecule has 0 aliphatic carbocycles. The summed E-state index contributed by atoms with van der Waals surface area (Å²) in [7, 11) is 0. The molecule has 0 saturated carbocycles. The Kier molecular flexibility index (Phi) is 5.18. The minimum Gasteiger partial charge on any atom is -0.357 e. The highest BCUT2D eigenvalue weighted by Crippen LogP contribution is 2.12. The fourth-order valence-electron chi connectivity index (χ4n) is 1.80. The molecule has 0 radical (unpaired) electrons. The Morgan fingerprint density at radius 2 is 1.88 bits per heavy atom.